The Morgan fingerprint density at radius 3 is 2.41 bits per heavy atom. The summed E-state index contributed by atoms with van der Waals surface area (Å²) in [6, 6.07) is 0.457. The van der Waals surface area contributed by atoms with Gasteiger partial charge in [-0.1, -0.05) is 26.7 Å². The number of morpholine rings is 1. The van der Waals surface area contributed by atoms with Crippen molar-refractivity contribution in [3.05, 3.63) is 0 Å². The highest BCUT2D eigenvalue weighted by Crippen LogP contribution is 2.27. The summed E-state index contributed by atoms with van der Waals surface area (Å²) in [6.07, 6.45) is 5.67. The summed E-state index contributed by atoms with van der Waals surface area (Å²) in [6.45, 7) is 10.3. The minimum absolute atomic E-state index is 0.179. The Hall–Kier alpha value is -1.34. The second-order valence-corrected chi connectivity index (χ2v) is 8.04. The average molecular weight is 382 g/mol. The minimum Gasteiger partial charge on any atom is -0.379 e. The molecule has 0 spiro atoms. The fourth-order valence-electron chi connectivity index (χ4n) is 4.05. The Labute approximate surface area is 164 Å². The van der Waals surface area contributed by atoms with Gasteiger partial charge in [-0.25, -0.2) is 0 Å². The number of carbonyl (C=O) groups is 1. The Kier molecular flexibility index (Phi) is 9.91. The molecule has 0 radical (unpaired) electrons. The van der Waals surface area contributed by atoms with E-state index in [4.69, 9.17) is 4.74 Å². The van der Waals surface area contributed by atoms with Crippen molar-refractivity contribution in [2.45, 2.75) is 52.0 Å². The van der Waals surface area contributed by atoms with Crippen LogP contribution in [0.2, 0.25) is 0 Å². The summed E-state index contributed by atoms with van der Waals surface area (Å²) >= 11 is 0. The van der Waals surface area contributed by atoms with Crippen LogP contribution in [0.15, 0.2) is 4.99 Å². The monoisotopic (exact) mass is 381 g/mol. The molecule has 0 aromatic carbocycles. The summed E-state index contributed by atoms with van der Waals surface area (Å²) in [5, 5.41) is 9.75. The molecule has 7 heteroatoms. The second-order valence-electron chi connectivity index (χ2n) is 8.04. The number of carbonyl (C=O) groups excluding carboxylic acids is 1. The fraction of sp³-hybridized carbons (Fsp3) is 0.900. The van der Waals surface area contributed by atoms with E-state index in [9.17, 15) is 4.79 Å². The molecule has 2 aliphatic rings. The van der Waals surface area contributed by atoms with Gasteiger partial charge in [0.1, 0.15) is 0 Å². The molecule has 1 heterocycles. The van der Waals surface area contributed by atoms with Crippen LogP contribution in [-0.4, -0.2) is 75.8 Å². The van der Waals surface area contributed by atoms with Crippen molar-refractivity contribution in [1.82, 2.24) is 20.9 Å². The van der Waals surface area contributed by atoms with Gasteiger partial charge in [-0.3, -0.25) is 14.7 Å². The third-order valence-corrected chi connectivity index (χ3v) is 5.67. The van der Waals surface area contributed by atoms with Crippen molar-refractivity contribution >= 4 is 11.9 Å². The quantitative estimate of drug-likeness (QED) is 0.318. The Morgan fingerprint density at radius 2 is 1.78 bits per heavy atom. The molecule has 156 valence electrons. The molecular formula is C20H39N5O2. The number of guanidine groups is 1. The number of amides is 1. The summed E-state index contributed by atoms with van der Waals surface area (Å²) in [7, 11) is 1.78. The van der Waals surface area contributed by atoms with Crippen LogP contribution in [0.1, 0.15) is 46.0 Å². The standard InChI is InChI=1S/C20H39N5O2/c1-16(2)18(25-10-12-27-13-11-25)15-24-20(21-3)23-9-8-22-19(26)14-17-6-4-5-7-17/h16-18H,4-15H2,1-3H3,(H,22,26)(H2,21,23,24). The molecule has 1 unspecified atom stereocenters. The van der Waals surface area contributed by atoms with Gasteiger partial charge >= 0.3 is 0 Å². The first-order valence-electron chi connectivity index (χ1n) is 10.6. The number of rotatable bonds is 9. The lowest BCUT2D eigenvalue weighted by Gasteiger charge is -2.37. The van der Waals surface area contributed by atoms with Gasteiger partial charge in [0.05, 0.1) is 13.2 Å². The molecular weight excluding hydrogens is 342 g/mol. The van der Waals surface area contributed by atoms with E-state index in [2.05, 4.69) is 39.7 Å². The zero-order chi connectivity index (χ0) is 19.5. The predicted octanol–water partition coefficient (Wildman–Crippen LogP) is 1.20. The van der Waals surface area contributed by atoms with Gasteiger partial charge in [-0.15, -0.1) is 0 Å². The largest absolute Gasteiger partial charge is 0.379 e. The number of nitrogens with zero attached hydrogens (tertiary/aromatic N) is 2. The van der Waals surface area contributed by atoms with Gasteiger partial charge < -0.3 is 20.7 Å². The molecule has 2 rings (SSSR count). The Bertz CT molecular complexity index is 457. The zero-order valence-electron chi connectivity index (χ0n) is 17.4. The van der Waals surface area contributed by atoms with Crippen LogP contribution in [0.5, 0.6) is 0 Å². The number of hydrogen-bond donors (Lipinski definition) is 3. The molecule has 1 saturated carbocycles. The maximum Gasteiger partial charge on any atom is 0.220 e. The molecule has 27 heavy (non-hydrogen) atoms. The van der Waals surface area contributed by atoms with Gasteiger partial charge in [-0.05, 0) is 24.7 Å². The van der Waals surface area contributed by atoms with Crippen molar-refractivity contribution in [3.63, 3.8) is 0 Å². The van der Waals surface area contributed by atoms with Crippen molar-refractivity contribution in [1.29, 1.82) is 0 Å². The molecule has 0 aromatic rings. The summed E-state index contributed by atoms with van der Waals surface area (Å²) in [5.74, 6) is 2.13. The molecule has 1 saturated heterocycles. The number of ether oxygens (including phenoxy) is 1. The van der Waals surface area contributed by atoms with Crippen molar-refractivity contribution in [3.8, 4) is 0 Å². The molecule has 2 fully saturated rings. The van der Waals surface area contributed by atoms with Crippen LogP contribution in [0.25, 0.3) is 0 Å². The molecule has 0 bridgehead atoms. The lowest BCUT2D eigenvalue weighted by Crippen LogP contribution is -2.53. The topological polar surface area (TPSA) is 78.0 Å². The Morgan fingerprint density at radius 1 is 1.11 bits per heavy atom. The van der Waals surface area contributed by atoms with Crippen molar-refractivity contribution in [2.75, 3.05) is 53.0 Å². The smallest absolute Gasteiger partial charge is 0.220 e. The van der Waals surface area contributed by atoms with Crippen LogP contribution in [0.4, 0.5) is 0 Å². The first kappa shape index (κ1) is 22.0. The summed E-state index contributed by atoms with van der Waals surface area (Å²) < 4.78 is 5.47. The van der Waals surface area contributed by atoms with Gasteiger partial charge in [0, 0.05) is 52.2 Å². The highest BCUT2D eigenvalue weighted by atomic mass is 16.5. The SMILES string of the molecule is CN=C(NCCNC(=O)CC1CCCC1)NCC(C(C)C)N1CCOCC1. The number of aliphatic imine (C=N–C) groups is 1. The van der Waals surface area contributed by atoms with Crippen molar-refractivity contribution in [2.24, 2.45) is 16.8 Å². The fourth-order valence-corrected chi connectivity index (χ4v) is 4.05. The summed E-state index contributed by atoms with van der Waals surface area (Å²) in [4.78, 5) is 18.8. The molecule has 3 N–H and O–H groups in total. The van der Waals surface area contributed by atoms with Gasteiger partial charge in [0.15, 0.2) is 5.96 Å². The van der Waals surface area contributed by atoms with Crippen LogP contribution < -0.4 is 16.0 Å². The molecule has 7 nitrogen and oxygen atoms in total. The van der Waals surface area contributed by atoms with E-state index in [0.29, 0.717) is 37.4 Å². The molecule has 1 aliphatic carbocycles. The first-order valence-corrected chi connectivity index (χ1v) is 10.6. The summed E-state index contributed by atoms with van der Waals surface area (Å²) in [5.41, 5.74) is 0. The predicted molar refractivity (Wildman–Crippen MR) is 110 cm³/mol. The van der Waals surface area contributed by atoms with Crippen LogP contribution >= 0.6 is 0 Å². The molecule has 1 atom stereocenters. The van der Waals surface area contributed by atoms with Gasteiger partial charge in [0.25, 0.3) is 0 Å². The van der Waals surface area contributed by atoms with Crippen LogP contribution in [0.3, 0.4) is 0 Å². The third kappa shape index (κ3) is 8.05. The molecule has 1 amide bonds. The van der Waals surface area contributed by atoms with Gasteiger partial charge in [-0.2, -0.15) is 0 Å². The van der Waals surface area contributed by atoms with E-state index in [-0.39, 0.29) is 5.91 Å². The van der Waals surface area contributed by atoms with Crippen molar-refractivity contribution < 1.29 is 9.53 Å². The highest BCUT2D eigenvalue weighted by molar-refractivity contribution is 5.80. The van der Waals surface area contributed by atoms with E-state index in [1.54, 1.807) is 7.05 Å². The minimum atomic E-state index is 0.179. The lowest BCUT2D eigenvalue weighted by molar-refractivity contribution is -0.121. The normalized spacial score (nSPS) is 20.7. The third-order valence-electron chi connectivity index (χ3n) is 5.67. The average Bonchev–Trinajstić information content (AvgIpc) is 3.17. The van der Waals surface area contributed by atoms with E-state index in [0.717, 1.165) is 38.8 Å². The Balaban J connectivity index is 1.63. The van der Waals surface area contributed by atoms with Crippen LogP contribution in [0, 0.1) is 11.8 Å². The number of nitrogens with one attached hydrogen (secondary N) is 3. The lowest BCUT2D eigenvalue weighted by atomic mass is 10.0. The van der Waals surface area contributed by atoms with E-state index < -0.39 is 0 Å². The maximum atomic E-state index is 12.0. The van der Waals surface area contributed by atoms with E-state index in [1.807, 2.05) is 0 Å². The molecule has 1 aliphatic heterocycles. The van der Waals surface area contributed by atoms with Crippen LogP contribution in [-0.2, 0) is 9.53 Å². The molecule has 0 aromatic heterocycles. The zero-order valence-corrected chi connectivity index (χ0v) is 17.4. The number of hydrogen-bond acceptors (Lipinski definition) is 4. The first-order chi connectivity index (χ1) is 13.1. The maximum absolute atomic E-state index is 12.0. The second kappa shape index (κ2) is 12.2. The van der Waals surface area contributed by atoms with E-state index in [1.165, 1.54) is 25.7 Å². The van der Waals surface area contributed by atoms with E-state index >= 15 is 0 Å². The highest BCUT2D eigenvalue weighted by Gasteiger charge is 2.24. The van der Waals surface area contributed by atoms with Gasteiger partial charge in [0.2, 0.25) is 5.91 Å².